The van der Waals surface area contributed by atoms with E-state index in [2.05, 4.69) is 113 Å². The second kappa shape index (κ2) is 9.26. The maximum Gasteiger partial charge on any atom is 0.0652 e. The highest BCUT2D eigenvalue weighted by Gasteiger charge is 2.30. The quantitative estimate of drug-likeness (QED) is 0.444. The Morgan fingerprint density at radius 2 is 1.06 bits per heavy atom. The minimum Gasteiger partial charge on any atom is -0.346 e. The molecule has 0 bridgehead atoms. The van der Waals surface area contributed by atoms with Gasteiger partial charge in [0.1, 0.15) is 0 Å². The molecule has 31 heavy (non-hydrogen) atoms. The first-order valence-electron chi connectivity index (χ1n) is 11.5. The summed E-state index contributed by atoms with van der Waals surface area (Å²) in [5.74, 6) is 0. The lowest BCUT2D eigenvalue weighted by atomic mass is 9.91. The van der Waals surface area contributed by atoms with Gasteiger partial charge in [-0.15, -0.1) is 0 Å². The van der Waals surface area contributed by atoms with Crippen LogP contribution in [0.4, 0.5) is 0 Å². The van der Waals surface area contributed by atoms with Crippen molar-refractivity contribution in [1.82, 2.24) is 9.80 Å². The van der Waals surface area contributed by atoms with Crippen LogP contribution in [0.25, 0.3) is 11.4 Å². The molecule has 1 aliphatic heterocycles. The van der Waals surface area contributed by atoms with Crippen molar-refractivity contribution < 1.29 is 0 Å². The molecule has 0 N–H and O–H groups in total. The van der Waals surface area contributed by atoms with E-state index in [4.69, 9.17) is 0 Å². The lowest BCUT2D eigenvalue weighted by molar-refractivity contribution is 0.289. The SMILES string of the molecule is C1=C(c2ccccc2)N(C2CCCCC2)C(c2ccccc2)=CN1Cc1ccccc1. The van der Waals surface area contributed by atoms with Crippen LogP contribution in [-0.2, 0) is 6.54 Å². The Morgan fingerprint density at radius 1 is 0.581 bits per heavy atom. The highest BCUT2D eigenvalue weighted by molar-refractivity contribution is 5.79. The highest BCUT2D eigenvalue weighted by atomic mass is 15.3. The second-order valence-electron chi connectivity index (χ2n) is 8.58. The summed E-state index contributed by atoms with van der Waals surface area (Å²) in [7, 11) is 0. The van der Waals surface area contributed by atoms with Crippen molar-refractivity contribution in [2.75, 3.05) is 0 Å². The fourth-order valence-corrected chi connectivity index (χ4v) is 4.87. The molecule has 0 atom stereocenters. The van der Waals surface area contributed by atoms with E-state index in [1.165, 1.54) is 60.2 Å². The number of hydrogen-bond donors (Lipinski definition) is 0. The molecule has 5 rings (SSSR count). The summed E-state index contributed by atoms with van der Waals surface area (Å²) in [6.45, 7) is 0.867. The molecule has 2 heteroatoms. The Labute approximate surface area is 186 Å². The van der Waals surface area contributed by atoms with Crippen molar-refractivity contribution in [3.63, 3.8) is 0 Å². The molecule has 0 amide bonds. The minimum atomic E-state index is 0.547. The Hall–Kier alpha value is -3.26. The van der Waals surface area contributed by atoms with Gasteiger partial charge in [0.25, 0.3) is 0 Å². The van der Waals surface area contributed by atoms with Gasteiger partial charge in [-0.3, -0.25) is 0 Å². The van der Waals surface area contributed by atoms with Crippen LogP contribution in [0, 0.1) is 0 Å². The molecule has 1 fully saturated rings. The van der Waals surface area contributed by atoms with E-state index >= 15 is 0 Å². The molecule has 1 saturated carbocycles. The van der Waals surface area contributed by atoms with Crippen LogP contribution in [0.1, 0.15) is 48.8 Å². The summed E-state index contributed by atoms with van der Waals surface area (Å²) in [5, 5.41) is 0. The molecule has 0 saturated heterocycles. The molecule has 3 aromatic rings. The van der Waals surface area contributed by atoms with Crippen LogP contribution in [0.3, 0.4) is 0 Å². The van der Waals surface area contributed by atoms with Crippen LogP contribution >= 0.6 is 0 Å². The van der Waals surface area contributed by atoms with Crippen molar-refractivity contribution in [2.45, 2.75) is 44.7 Å². The Bertz CT molecular complexity index is 974. The van der Waals surface area contributed by atoms with E-state index in [0.29, 0.717) is 6.04 Å². The van der Waals surface area contributed by atoms with Crippen LogP contribution < -0.4 is 0 Å². The normalized spacial score (nSPS) is 17.3. The monoisotopic (exact) mass is 406 g/mol. The Balaban J connectivity index is 1.60. The molecule has 1 aliphatic carbocycles. The summed E-state index contributed by atoms with van der Waals surface area (Å²) < 4.78 is 0. The molecule has 156 valence electrons. The van der Waals surface area contributed by atoms with Crippen LogP contribution in [0.15, 0.2) is 103 Å². The van der Waals surface area contributed by atoms with E-state index in [-0.39, 0.29) is 0 Å². The van der Waals surface area contributed by atoms with Crippen LogP contribution in [0.2, 0.25) is 0 Å². The lowest BCUT2D eigenvalue weighted by Gasteiger charge is -2.43. The van der Waals surface area contributed by atoms with Gasteiger partial charge in [-0.2, -0.15) is 0 Å². The van der Waals surface area contributed by atoms with Crippen molar-refractivity contribution in [3.8, 4) is 0 Å². The summed E-state index contributed by atoms with van der Waals surface area (Å²) in [5.41, 5.74) is 6.51. The maximum absolute atomic E-state index is 2.63. The zero-order valence-corrected chi connectivity index (χ0v) is 18.0. The number of benzene rings is 3. The van der Waals surface area contributed by atoms with Crippen LogP contribution in [-0.4, -0.2) is 15.8 Å². The van der Waals surface area contributed by atoms with Gasteiger partial charge in [-0.1, -0.05) is 110 Å². The van der Waals surface area contributed by atoms with Gasteiger partial charge in [0, 0.05) is 25.0 Å². The molecule has 3 aromatic carbocycles. The first-order valence-corrected chi connectivity index (χ1v) is 11.5. The van der Waals surface area contributed by atoms with Crippen molar-refractivity contribution in [3.05, 3.63) is 120 Å². The third-order valence-electron chi connectivity index (χ3n) is 6.38. The van der Waals surface area contributed by atoms with E-state index in [1.807, 2.05) is 0 Å². The summed E-state index contributed by atoms with van der Waals surface area (Å²) in [6, 6.07) is 33.1. The average Bonchev–Trinajstić information content (AvgIpc) is 2.86. The first-order chi connectivity index (χ1) is 15.4. The van der Waals surface area contributed by atoms with Gasteiger partial charge < -0.3 is 9.80 Å². The van der Waals surface area contributed by atoms with E-state index in [0.717, 1.165) is 6.54 Å². The molecular weight excluding hydrogens is 376 g/mol. The van der Waals surface area contributed by atoms with Gasteiger partial charge in [0.15, 0.2) is 0 Å². The molecule has 0 spiro atoms. The predicted octanol–water partition coefficient (Wildman–Crippen LogP) is 7.13. The fraction of sp³-hybridized carbons (Fsp3) is 0.241. The van der Waals surface area contributed by atoms with Gasteiger partial charge in [-0.25, -0.2) is 0 Å². The largest absolute Gasteiger partial charge is 0.346 e. The van der Waals surface area contributed by atoms with Gasteiger partial charge in [0.05, 0.1) is 11.4 Å². The summed E-state index contributed by atoms with van der Waals surface area (Å²) in [6.07, 6.45) is 11.2. The van der Waals surface area contributed by atoms with Crippen molar-refractivity contribution in [1.29, 1.82) is 0 Å². The zero-order chi connectivity index (χ0) is 20.9. The van der Waals surface area contributed by atoms with Gasteiger partial charge in [0.2, 0.25) is 0 Å². The number of nitrogens with zero attached hydrogens (tertiary/aromatic N) is 2. The molecule has 0 radical (unpaired) electrons. The Morgan fingerprint density at radius 3 is 1.58 bits per heavy atom. The Kier molecular flexibility index (Phi) is 5.88. The van der Waals surface area contributed by atoms with Gasteiger partial charge >= 0.3 is 0 Å². The molecule has 2 aliphatic rings. The number of hydrogen-bond acceptors (Lipinski definition) is 2. The molecular formula is C29H30N2. The second-order valence-corrected chi connectivity index (χ2v) is 8.58. The minimum absolute atomic E-state index is 0.547. The summed E-state index contributed by atoms with van der Waals surface area (Å²) in [4.78, 5) is 4.99. The topological polar surface area (TPSA) is 6.48 Å². The predicted molar refractivity (Wildman–Crippen MR) is 130 cm³/mol. The number of rotatable bonds is 5. The van der Waals surface area contributed by atoms with Crippen LogP contribution in [0.5, 0.6) is 0 Å². The van der Waals surface area contributed by atoms with E-state index < -0.39 is 0 Å². The third-order valence-corrected chi connectivity index (χ3v) is 6.38. The van der Waals surface area contributed by atoms with Gasteiger partial charge in [-0.05, 0) is 29.5 Å². The lowest BCUT2D eigenvalue weighted by Crippen LogP contribution is -2.37. The highest BCUT2D eigenvalue weighted by Crippen LogP contribution is 2.39. The average molecular weight is 407 g/mol. The zero-order valence-electron chi connectivity index (χ0n) is 18.0. The van der Waals surface area contributed by atoms with Crippen molar-refractivity contribution in [2.24, 2.45) is 0 Å². The molecule has 1 heterocycles. The summed E-state index contributed by atoms with van der Waals surface area (Å²) >= 11 is 0. The van der Waals surface area contributed by atoms with E-state index in [1.54, 1.807) is 0 Å². The smallest absolute Gasteiger partial charge is 0.0652 e. The first kappa shape index (κ1) is 19.7. The fourth-order valence-electron chi connectivity index (χ4n) is 4.87. The third kappa shape index (κ3) is 4.44. The molecule has 0 unspecified atom stereocenters. The maximum atomic E-state index is 2.63. The molecule has 2 nitrogen and oxygen atoms in total. The molecule has 0 aromatic heterocycles. The van der Waals surface area contributed by atoms with Crippen molar-refractivity contribution >= 4 is 11.4 Å². The standard InChI is InChI=1S/C29H30N2/c1-5-13-24(14-6-1)21-30-22-28(25-15-7-2-8-16-25)31(27-19-11-4-12-20-27)29(23-30)26-17-9-3-10-18-26/h1-3,5-10,13-18,22-23,27H,4,11-12,19-21H2. The van der Waals surface area contributed by atoms with E-state index in [9.17, 15) is 0 Å².